The van der Waals surface area contributed by atoms with Gasteiger partial charge in [-0.3, -0.25) is 10.1 Å². The Morgan fingerprint density at radius 1 is 1.24 bits per heavy atom. The molecule has 0 spiro atoms. The predicted octanol–water partition coefficient (Wildman–Crippen LogP) is 2.59. The lowest BCUT2D eigenvalue weighted by atomic mass is 10.2. The fourth-order valence-electron chi connectivity index (χ4n) is 1.92. The smallest absolute Gasteiger partial charge is 0.260 e. The molecule has 0 saturated carbocycles. The van der Waals surface area contributed by atoms with Gasteiger partial charge in [-0.15, -0.1) is 11.3 Å². The Bertz CT molecular complexity index is 778. The minimum absolute atomic E-state index is 0.218. The van der Waals surface area contributed by atoms with E-state index >= 15 is 0 Å². The molecule has 0 atom stereocenters. The zero-order valence-corrected chi connectivity index (χ0v) is 12.4. The number of amides is 1. The fraction of sp³-hybridized carbons (Fsp3) is 0.143. The first-order chi connectivity index (χ1) is 10.1. The number of carbonyl (C=O) groups is 1. The van der Waals surface area contributed by atoms with Gasteiger partial charge in [0.25, 0.3) is 5.91 Å². The lowest BCUT2D eigenvalue weighted by Gasteiger charge is -2.04. The van der Waals surface area contributed by atoms with Crippen LogP contribution in [0.25, 0.3) is 5.82 Å². The molecule has 1 N–H and O–H groups in total. The summed E-state index contributed by atoms with van der Waals surface area (Å²) >= 11 is 1.44. The SMILES string of the molecule is Cc1cnc(NC(=O)c2cnn(-c3ccccn3)c2C)s1. The van der Waals surface area contributed by atoms with Gasteiger partial charge in [-0.05, 0) is 26.0 Å². The Hall–Kier alpha value is -2.54. The van der Waals surface area contributed by atoms with E-state index in [1.807, 2.05) is 32.0 Å². The zero-order valence-electron chi connectivity index (χ0n) is 11.6. The Morgan fingerprint density at radius 3 is 2.76 bits per heavy atom. The van der Waals surface area contributed by atoms with Gasteiger partial charge >= 0.3 is 0 Å². The highest BCUT2D eigenvalue weighted by atomic mass is 32.1. The Kier molecular flexibility index (Phi) is 3.49. The highest BCUT2D eigenvalue weighted by Crippen LogP contribution is 2.19. The normalized spacial score (nSPS) is 10.6. The van der Waals surface area contributed by atoms with Crippen molar-refractivity contribution in [3.63, 3.8) is 0 Å². The monoisotopic (exact) mass is 299 g/mol. The van der Waals surface area contributed by atoms with Gasteiger partial charge < -0.3 is 0 Å². The van der Waals surface area contributed by atoms with E-state index < -0.39 is 0 Å². The number of aromatic nitrogens is 4. The molecule has 0 saturated heterocycles. The van der Waals surface area contributed by atoms with Crippen molar-refractivity contribution in [3.05, 3.63) is 52.9 Å². The van der Waals surface area contributed by atoms with Gasteiger partial charge in [0.1, 0.15) is 0 Å². The average molecular weight is 299 g/mol. The van der Waals surface area contributed by atoms with Crippen LogP contribution in [-0.2, 0) is 0 Å². The molecule has 0 bridgehead atoms. The Balaban J connectivity index is 1.87. The maximum Gasteiger partial charge on any atom is 0.260 e. The number of anilines is 1. The molecule has 1 amide bonds. The molecule has 0 aromatic carbocycles. The van der Waals surface area contributed by atoms with E-state index in [9.17, 15) is 4.79 Å². The minimum Gasteiger partial charge on any atom is -0.298 e. The number of pyridine rings is 1. The molecule has 106 valence electrons. The summed E-state index contributed by atoms with van der Waals surface area (Å²) in [4.78, 5) is 21.7. The van der Waals surface area contributed by atoms with Gasteiger partial charge in [0.15, 0.2) is 10.9 Å². The van der Waals surface area contributed by atoms with Gasteiger partial charge in [-0.1, -0.05) is 6.07 Å². The van der Waals surface area contributed by atoms with Crippen molar-refractivity contribution in [3.8, 4) is 5.82 Å². The summed E-state index contributed by atoms with van der Waals surface area (Å²) < 4.78 is 1.64. The van der Waals surface area contributed by atoms with E-state index in [4.69, 9.17) is 0 Å². The van der Waals surface area contributed by atoms with E-state index in [1.54, 1.807) is 23.3 Å². The number of thiazole rings is 1. The maximum atomic E-state index is 12.3. The lowest BCUT2D eigenvalue weighted by molar-refractivity contribution is 0.102. The largest absolute Gasteiger partial charge is 0.298 e. The van der Waals surface area contributed by atoms with E-state index in [0.29, 0.717) is 16.5 Å². The molecule has 3 rings (SSSR count). The first-order valence-electron chi connectivity index (χ1n) is 6.35. The van der Waals surface area contributed by atoms with E-state index in [0.717, 1.165) is 10.6 Å². The van der Waals surface area contributed by atoms with Crippen LogP contribution in [0.5, 0.6) is 0 Å². The van der Waals surface area contributed by atoms with E-state index in [1.165, 1.54) is 11.3 Å². The first kappa shape index (κ1) is 13.4. The summed E-state index contributed by atoms with van der Waals surface area (Å²) in [5.74, 6) is 0.461. The highest BCUT2D eigenvalue weighted by molar-refractivity contribution is 7.15. The molecule has 0 fully saturated rings. The second-order valence-electron chi connectivity index (χ2n) is 4.47. The quantitative estimate of drug-likeness (QED) is 0.807. The minimum atomic E-state index is -0.218. The molecule has 0 aliphatic heterocycles. The molecule has 3 aromatic rings. The molecule has 3 heterocycles. The van der Waals surface area contributed by atoms with Crippen molar-refractivity contribution in [1.82, 2.24) is 19.7 Å². The molecule has 7 heteroatoms. The molecule has 3 aromatic heterocycles. The number of hydrogen-bond acceptors (Lipinski definition) is 5. The van der Waals surface area contributed by atoms with Gasteiger partial charge in [-0.2, -0.15) is 5.10 Å². The van der Waals surface area contributed by atoms with Crippen LogP contribution in [0.3, 0.4) is 0 Å². The van der Waals surface area contributed by atoms with Crippen LogP contribution in [0.1, 0.15) is 20.9 Å². The third kappa shape index (κ3) is 2.68. The van der Waals surface area contributed by atoms with Crippen molar-refractivity contribution in [2.45, 2.75) is 13.8 Å². The molecular weight excluding hydrogens is 286 g/mol. The van der Waals surface area contributed by atoms with Gasteiger partial charge in [-0.25, -0.2) is 14.6 Å². The molecular formula is C14H13N5OS. The molecule has 0 aliphatic carbocycles. The van der Waals surface area contributed by atoms with Crippen LogP contribution >= 0.6 is 11.3 Å². The predicted molar refractivity (Wildman–Crippen MR) is 80.9 cm³/mol. The van der Waals surface area contributed by atoms with Crippen molar-refractivity contribution >= 4 is 22.4 Å². The van der Waals surface area contributed by atoms with Gasteiger partial charge in [0.05, 0.1) is 17.5 Å². The van der Waals surface area contributed by atoms with Crippen molar-refractivity contribution in [1.29, 1.82) is 0 Å². The van der Waals surface area contributed by atoms with E-state index in [2.05, 4.69) is 20.4 Å². The number of carbonyl (C=O) groups excluding carboxylic acids is 1. The number of rotatable bonds is 3. The number of nitrogens with zero attached hydrogens (tertiary/aromatic N) is 4. The van der Waals surface area contributed by atoms with Crippen molar-refractivity contribution in [2.75, 3.05) is 5.32 Å². The second-order valence-corrected chi connectivity index (χ2v) is 5.71. The zero-order chi connectivity index (χ0) is 14.8. The van der Waals surface area contributed by atoms with Crippen molar-refractivity contribution in [2.24, 2.45) is 0 Å². The maximum absolute atomic E-state index is 12.3. The van der Waals surface area contributed by atoms with Crippen LogP contribution < -0.4 is 5.32 Å². The fourth-order valence-corrected chi connectivity index (χ4v) is 2.58. The average Bonchev–Trinajstić information content (AvgIpc) is 3.06. The van der Waals surface area contributed by atoms with Crippen LogP contribution in [0.2, 0.25) is 0 Å². The van der Waals surface area contributed by atoms with Crippen LogP contribution in [0.4, 0.5) is 5.13 Å². The Morgan fingerprint density at radius 2 is 2.10 bits per heavy atom. The summed E-state index contributed by atoms with van der Waals surface area (Å²) in [7, 11) is 0. The molecule has 0 radical (unpaired) electrons. The van der Waals surface area contributed by atoms with Gasteiger partial charge in [0, 0.05) is 17.3 Å². The Labute approximate surface area is 125 Å². The molecule has 21 heavy (non-hydrogen) atoms. The number of hydrogen-bond donors (Lipinski definition) is 1. The molecule has 0 aliphatic rings. The van der Waals surface area contributed by atoms with Crippen LogP contribution in [0, 0.1) is 13.8 Å². The number of nitrogens with one attached hydrogen (secondary N) is 1. The summed E-state index contributed by atoms with van der Waals surface area (Å²) in [6, 6.07) is 5.55. The summed E-state index contributed by atoms with van der Waals surface area (Å²) in [5.41, 5.74) is 1.24. The second kappa shape index (κ2) is 5.45. The third-order valence-corrected chi connectivity index (χ3v) is 3.79. The summed E-state index contributed by atoms with van der Waals surface area (Å²) in [6.45, 7) is 3.78. The van der Waals surface area contributed by atoms with E-state index in [-0.39, 0.29) is 5.91 Å². The van der Waals surface area contributed by atoms with Gasteiger partial charge in [0.2, 0.25) is 0 Å². The first-order valence-corrected chi connectivity index (χ1v) is 7.16. The summed E-state index contributed by atoms with van der Waals surface area (Å²) in [6.07, 6.45) is 4.96. The standard InChI is InChI=1S/C14H13N5OS/c1-9-7-16-14(21-9)18-13(20)11-8-17-19(10(11)2)12-5-3-4-6-15-12/h3-8H,1-2H3,(H,16,18,20). The third-order valence-electron chi connectivity index (χ3n) is 2.96. The van der Waals surface area contributed by atoms with Crippen LogP contribution in [-0.4, -0.2) is 25.7 Å². The number of aryl methyl sites for hydroxylation is 1. The summed E-state index contributed by atoms with van der Waals surface area (Å²) in [5, 5.41) is 7.60. The topological polar surface area (TPSA) is 72.7 Å². The molecule has 0 unspecified atom stereocenters. The van der Waals surface area contributed by atoms with Crippen molar-refractivity contribution < 1.29 is 4.79 Å². The molecule has 6 nitrogen and oxygen atoms in total. The van der Waals surface area contributed by atoms with Crippen LogP contribution in [0.15, 0.2) is 36.8 Å². The highest BCUT2D eigenvalue weighted by Gasteiger charge is 2.16. The lowest BCUT2D eigenvalue weighted by Crippen LogP contribution is -2.13.